The van der Waals surface area contributed by atoms with E-state index in [1.54, 1.807) is 12.1 Å². The Balaban J connectivity index is 1.51. The van der Waals surface area contributed by atoms with Crippen molar-refractivity contribution < 1.29 is 23.0 Å². The Hall–Kier alpha value is -2.45. The van der Waals surface area contributed by atoms with E-state index in [2.05, 4.69) is 10.2 Å². The highest BCUT2D eigenvalue weighted by molar-refractivity contribution is 5.81. The summed E-state index contributed by atoms with van der Waals surface area (Å²) >= 11 is 0. The molecule has 0 bridgehead atoms. The van der Waals surface area contributed by atoms with E-state index in [4.69, 9.17) is 4.74 Å². The van der Waals surface area contributed by atoms with Gasteiger partial charge in [0.25, 0.3) is 0 Å². The predicted molar refractivity (Wildman–Crippen MR) is 93.2 cm³/mol. The normalized spacial score (nSPS) is 18.1. The lowest BCUT2D eigenvalue weighted by molar-refractivity contribution is -0.171. The lowest BCUT2D eigenvalue weighted by Gasteiger charge is -2.39. The molecule has 2 aromatic carbocycles. The van der Waals surface area contributed by atoms with Crippen LogP contribution in [0, 0.1) is 0 Å². The molecule has 26 heavy (non-hydrogen) atoms. The fraction of sp³-hybridized carbons (Fsp3) is 0.333. The van der Waals surface area contributed by atoms with E-state index in [0.717, 1.165) is 22.5 Å². The highest BCUT2D eigenvalue weighted by atomic mass is 19.4. The topological polar surface area (TPSA) is 56.8 Å². The Labute approximate surface area is 148 Å². The average Bonchev–Trinajstić information content (AvgIpc) is 2.95. The van der Waals surface area contributed by atoms with Crippen LogP contribution >= 0.6 is 0 Å². The van der Waals surface area contributed by atoms with Gasteiger partial charge in [0.1, 0.15) is 5.60 Å². The number of hydrogen-bond acceptors (Lipinski definition) is 5. The number of alkyl halides is 3. The van der Waals surface area contributed by atoms with Crippen molar-refractivity contribution >= 4 is 17.1 Å². The number of ether oxygens (including phenoxy) is 1. The third kappa shape index (κ3) is 3.42. The van der Waals surface area contributed by atoms with Gasteiger partial charge in [0, 0.05) is 5.69 Å². The Morgan fingerprint density at radius 2 is 1.81 bits per heavy atom. The third-order valence-electron chi connectivity index (χ3n) is 4.53. The number of hydrogen-bond donors (Lipinski definition) is 3. The van der Waals surface area contributed by atoms with Gasteiger partial charge in [0.15, 0.2) is 0 Å². The molecule has 5 nitrogen and oxygen atoms in total. The lowest BCUT2D eigenvalue weighted by Crippen LogP contribution is -2.57. The minimum absolute atomic E-state index is 0.00247. The van der Waals surface area contributed by atoms with Gasteiger partial charge in [-0.05, 0) is 35.4 Å². The summed E-state index contributed by atoms with van der Waals surface area (Å²) in [6.07, 6.45) is -4.45. The van der Waals surface area contributed by atoms with Crippen LogP contribution in [0.25, 0.3) is 11.1 Å². The SMILES string of the molecule is OC1(CN2CNc3cc(-c4ccc(NC(F)(F)F)cc4)ccc32)COC1. The van der Waals surface area contributed by atoms with Gasteiger partial charge in [0.05, 0.1) is 37.8 Å². The molecule has 2 heterocycles. The highest BCUT2D eigenvalue weighted by Gasteiger charge is 2.39. The maximum absolute atomic E-state index is 12.3. The molecule has 0 unspecified atom stereocenters. The fourth-order valence-corrected chi connectivity index (χ4v) is 3.23. The Morgan fingerprint density at radius 3 is 2.42 bits per heavy atom. The Morgan fingerprint density at radius 1 is 1.12 bits per heavy atom. The number of nitrogens with zero attached hydrogens (tertiary/aromatic N) is 1. The smallest absolute Gasteiger partial charge is 0.383 e. The minimum atomic E-state index is -4.45. The second-order valence-corrected chi connectivity index (χ2v) is 6.68. The van der Waals surface area contributed by atoms with E-state index in [1.807, 2.05) is 18.2 Å². The lowest BCUT2D eigenvalue weighted by atomic mass is 10.0. The number of rotatable bonds is 4. The van der Waals surface area contributed by atoms with E-state index in [1.165, 1.54) is 17.4 Å². The van der Waals surface area contributed by atoms with E-state index >= 15 is 0 Å². The van der Waals surface area contributed by atoms with Crippen LogP contribution in [0.4, 0.5) is 30.2 Å². The summed E-state index contributed by atoms with van der Waals surface area (Å²) in [7, 11) is 0. The number of fused-ring (bicyclic) bond motifs is 1. The predicted octanol–water partition coefficient (Wildman–Crippen LogP) is 3.24. The van der Waals surface area contributed by atoms with Crippen LogP contribution in [0.15, 0.2) is 42.5 Å². The molecule has 8 heteroatoms. The van der Waals surface area contributed by atoms with Crippen molar-refractivity contribution in [2.24, 2.45) is 0 Å². The molecule has 4 rings (SSSR count). The van der Waals surface area contributed by atoms with Gasteiger partial charge < -0.3 is 20.1 Å². The first-order chi connectivity index (χ1) is 12.3. The van der Waals surface area contributed by atoms with Crippen LogP contribution in [0.3, 0.4) is 0 Å². The van der Waals surface area contributed by atoms with Gasteiger partial charge in [-0.3, -0.25) is 5.32 Å². The summed E-state index contributed by atoms with van der Waals surface area (Å²) < 4.78 is 42.1. The molecule has 1 fully saturated rings. The second-order valence-electron chi connectivity index (χ2n) is 6.68. The standard InChI is InChI=1S/C18H18F3N3O2/c19-18(20,21)23-14-4-1-12(2-5-14)13-3-6-16-15(7-13)22-11-24(16)8-17(25)9-26-10-17/h1-7,22-23,25H,8-11H2. The number of benzene rings is 2. The third-order valence-corrected chi connectivity index (χ3v) is 4.53. The van der Waals surface area contributed by atoms with Crippen molar-refractivity contribution in [1.82, 2.24) is 0 Å². The van der Waals surface area contributed by atoms with Crippen LogP contribution in [-0.2, 0) is 4.74 Å². The zero-order chi connectivity index (χ0) is 18.4. The first-order valence-electron chi connectivity index (χ1n) is 8.20. The highest BCUT2D eigenvalue weighted by Crippen LogP contribution is 2.37. The molecule has 0 saturated carbocycles. The van der Waals surface area contributed by atoms with Gasteiger partial charge in [-0.15, -0.1) is 0 Å². The number of halogens is 3. The number of nitrogens with one attached hydrogen (secondary N) is 2. The zero-order valence-corrected chi connectivity index (χ0v) is 13.8. The van der Waals surface area contributed by atoms with Crippen molar-refractivity contribution in [3.05, 3.63) is 42.5 Å². The zero-order valence-electron chi connectivity index (χ0n) is 13.8. The van der Waals surface area contributed by atoms with Crippen molar-refractivity contribution in [3.8, 4) is 11.1 Å². The summed E-state index contributed by atoms with van der Waals surface area (Å²) in [5.74, 6) is 0. The van der Waals surface area contributed by atoms with Crippen molar-refractivity contribution in [2.75, 3.05) is 42.0 Å². The van der Waals surface area contributed by atoms with Crippen LogP contribution in [0.1, 0.15) is 0 Å². The second kappa shape index (κ2) is 6.07. The molecule has 138 valence electrons. The Kier molecular flexibility index (Phi) is 3.96. The maximum atomic E-state index is 12.3. The molecule has 0 aliphatic carbocycles. The monoisotopic (exact) mass is 365 g/mol. The summed E-state index contributed by atoms with van der Waals surface area (Å²) in [5, 5.41) is 15.0. The van der Waals surface area contributed by atoms with Gasteiger partial charge in [-0.25, -0.2) is 0 Å². The van der Waals surface area contributed by atoms with Gasteiger partial charge in [-0.2, -0.15) is 13.2 Å². The summed E-state index contributed by atoms with van der Waals surface area (Å²) in [5.41, 5.74) is 2.86. The van der Waals surface area contributed by atoms with Crippen LogP contribution < -0.4 is 15.5 Å². The summed E-state index contributed by atoms with van der Waals surface area (Å²) in [6, 6.07) is 11.9. The quantitative estimate of drug-likeness (QED) is 0.727. The molecule has 0 spiro atoms. The van der Waals surface area contributed by atoms with Crippen molar-refractivity contribution in [2.45, 2.75) is 11.9 Å². The number of β-amino-alcohol motifs (C(OH)–C–C–N with tert-alkyl or cyclic N) is 1. The van der Waals surface area contributed by atoms with E-state index in [-0.39, 0.29) is 5.69 Å². The van der Waals surface area contributed by atoms with E-state index < -0.39 is 11.9 Å². The van der Waals surface area contributed by atoms with Crippen molar-refractivity contribution in [3.63, 3.8) is 0 Å². The molecule has 0 radical (unpaired) electrons. The molecule has 2 aliphatic rings. The molecular formula is C18H18F3N3O2. The van der Waals surface area contributed by atoms with E-state index in [9.17, 15) is 18.3 Å². The van der Waals surface area contributed by atoms with Gasteiger partial charge in [0.2, 0.25) is 0 Å². The molecule has 2 aliphatic heterocycles. The van der Waals surface area contributed by atoms with Crippen molar-refractivity contribution in [1.29, 1.82) is 0 Å². The summed E-state index contributed by atoms with van der Waals surface area (Å²) in [4.78, 5) is 2.05. The molecule has 2 aromatic rings. The van der Waals surface area contributed by atoms with Gasteiger partial charge in [-0.1, -0.05) is 18.2 Å². The Bertz CT molecular complexity index is 804. The van der Waals surface area contributed by atoms with E-state index in [0.29, 0.717) is 26.4 Å². The molecular weight excluding hydrogens is 347 g/mol. The fourth-order valence-electron chi connectivity index (χ4n) is 3.23. The summed E-state index contributed by atoms with van der Waals surface area (Å²) in [6.45, 7) is 1.77. The molecule has 0 amide bonds. The minimum Gasteiger partial charge on any atom is -0.383 e. The first kappa shape index (κ1) is 17.0. The maximum Gasteiger partial charge on any atom is 0.482 e. The number of aliphatic hydroxyl groups is 1. The van der Waals surface area contributed by atoms with Crippen LogP contribution in [-0.4, -0.2) is 43.4 Å². The largest absolute Gasteiger partial charge is 0.482 e. The van der Waals surface area contributed by atoms with Crippen LogP contribution in [0.2, 0.25) is 0 Å². The molecule has 3 N–H and O–H groups in total. The number of anilines is 3. The molecule has 0 aromatic heterocycles. The van der Waals surface area contributed by atoms with Gasteiger partial charge >= 0.3 is 6.30 Å². The molecule has 1 saturated heterocycles. The average molecular weight is 365 g/mol. The van der Waals surface area contributed by atoms with Crippen LogP contribution in [0.5, 0.6) is 0 Å². The first-order valence-corrected chi connectivity index (χ1v) is 8.20. The molecule has 0 atom stereocenters.